The van der Waals surface area contributed by atoms with Crippen molar-refractivity contribution in [1.29, 1.82) is 0 Å². The molecule has 15 heavy (non-hydrogen) atoms. The van der Waals surface area contributed by atoms with E-state index in [4.69, 9.17) is 0 Å². The number of rotatable bonds is 3. The zero-order valence-corrected chi connectivity index (χ0v) is 10.5. The zero-order valence-electron chi connectivity index (χ0n) is 10.5. The van der Waals surface area contributed by atoms with Gasteiger partial charge >= 0.3 is 0 Å². The van der Waals surface area contributed by atoms with Gasteiger partial charge < -0.3 is 0 Å². The van der Waals surface area contributed by atoms with Gasteiger partial charge in [-0.05, 0) is 29.9 Å². The predicted octanol–water partition coefficient (Wildman–Crippen LogP) is 4.87. The number of allylic oxidation sites excluding steroid dienone is 1. The minimum absolute atomic E-state index is 0.620. The van der Waals surface area contributed by atoms with Gasteiger partial charge in [0.05, 0.1) is 0 Å². The molecule has 0 aliphatic heterocycles. The topological polar surface area (TPSA) is 0 Å². The smallest absolute Gasteiger partial charge is 0.0219 e. The van der Waals surface area contributed by atoms with Crippen molar-refractivity contribution in [3.05, 3.63) is 41.0 Å². The monoisotopic (exact) mass is 202 g/mol. The van der Waals surface area contributed by atoms with E-state index >= 15 is 0 Å². The number of benzene rings is 1. The third kappa shape index (κ3) is 3.54. The lowest BCUT2D eigenvalue weighted by Crippen LogP contribution is -1.89. The second-order valence-corrected chi connectivity index (χ2v) is 4.86. The summed E-state index contributed by atoms with van der Waals surface area (Å²) in [5, 5.41) is 0. The van der Waals surface area contributed by atoms with Gasteiger partial charge in [0, 0.05) is 0 Å². The summed E-state index contributed by atoms with van der Waals surface area (Å²) < 4.78 is 0. The van der Waals surface area contributed by atoms with Gasteiger partial charge in [-0.3, -0.25) is 0 Å². The third-order valence-electron chi connectivity index (χ3n) is 2.91. The van der Waals surface area contributed by atoms with E-state index in [0.717, 1.165) is 0 Å². The molecule has 0 radical (unpaired) electrons. The molecule has 0 saturated carbocycles. The molecule has 0 saturated heterocycles. The SMILES string of the molecule is C/C(=C\c1ccc(C(C)C)cc1)C(C)C. The van der Waals surface area contributed by atoms with E-state index in [1.807, 2.05) is 0 Å². The van der Waals surface area contributed by atoms with Crippen LogP contribution < -0.4 is 0 Å². The van der Waals surface area contributed by atoms with Gasteiger partial charge in [0.25, 0.3) is 0 Å². The van der Waals surface area contributed by atoms with Crippen LogP contribution in [0.1, 0.15) is 51.7 Å². The van der Waals surface area contributed by atoms with Crippen LogP contribution in [-0.2, 0) is 0 Å². The fourth-order valence-electron chi connectivity index (χ4n) is 1.41. The van der Waals surface area contributed by atoms with Crippen LogP contribution in [0.15, 0.2) is 29.8 Å². The molecule has 1 aromatic rings. The maximum absolute atomic E-state index is 2.27. The molecule has 0 amide bonds. The predicted molar refractivity (Wildman–Crippen MR) is 69.0 cm³/mol. The Morgan fingerprint density at radius 3 is 1.93 bits per heavy atom. The lowest BCUT2D eigenvalue weighted by atomic mass is 9.99. The average molecular weight is 202 g/mol. The molecular formula is C15H22. The highest BCUT2D eigenvalue weighted by Crippen LogP contribution is 2.18. The third-order valence-corrected chi connectivity index (χ3v) is 2.91. The Labute approximate surface area is 94.0 Å². The summed E-state index contributed by atoms with van der Waals surface area (Å²) >= 11 is 0. The molecule has 0 aromatic heterocycles. The molecule has 1 rings (SSSR count). The van der Waals surface area contributed by atoms with Crippen molar-refractivity contribution in [3.63, 3.8) is 0 Å². The molecule has 0 bridgehead atoms. The Morgan fingerprint density at radius 1 is 1.00 bits per heavy atom. The molecule has 0 aliphatic carbocycles. The molecule has 0 N–H and O–H groups in total. The molecule has 0 fully saturated rings. The van der Waals surface area contributed by atoms with Crippen molar-refractivity contribution >= 4 is 6.08 Å². The zero-order chi connectivity index (χ0) is 11.4. The van der Waals surface area contributed by atoms with E-state index in [2.05, 4.69) is 65.0 Å². The van der Waals surface area contributed by atoms with Gasteiger partial charge in [-0.1, -0.05) is 63.6 Å². The summed E-state index contributed by atoms with van der Waals surface area (Å²) in [4.78, 5) is 0. The minimum Gasteiger partial charge on any atom is -0.0702 e. The molecular weight excluding hydrogens is 180 g/mol. The first kappa shape index (κ1) is 12.0. The fourth-order valence-corrected chi connectivity index (χ4v) is 1.41. The van der Waals surface area contributed by atoms with E-state index in [0.29, 0.717) is 11.8 Å². The molecule has 0 nitrogen and oxygen atoms in total. The second-order valence-electron chi connectivity index (χ2n) is 4.86. The van der Waals surface area contributed by atoms with Crippen LogP contribution in [0.25, 0.3) is 6.08 Å². The Morgan fingerprint density at radius 2 is 1.53 bits per heavy atom. The minimum atomic E-state index is 0.620. The first-order chi connectivity index (χ1) is 7.00. The highest BCUT2D eigenvalue weighted by Gasteiger charge is 1.99. The van der Waals surface area contributed by atoms with Gasteiger partial charge in [0.2, 0.25) is 0 Å². The summed E-state index contributed by atoms with van der Waals surface area (Å²) in [6.07, 6.45) is 2.27. The van der Waals surface area contributed by atoms with E-state index < -0.39 is 0 Å². The maximum Gasteiger partial charge on any atom is -0.0219 e. The van der Waals surface area contributed by atoms with Crippen LogP contribution in [-0.4, -0.2) is 0 Å². The van der Waals surface area contributed by atoms with E-state index in [9.17, 15) is 0 Å². The standard InChI is InChI=1S/C15H22/c1-11(2)13(5)10-14-6-8-15(9-7-14)12(3)4/h6-12H,1-5H3/b13-10+. The van der Waals surface area contributed by atoms with Crippen molar-refractivity contribution in [2.24, 2.45) is 5.92 Å². The lowest BCUT2D eigenvalue weighted by Gasteiger charge is -2.07. The Balaban J connectivity index is 2.85. The maximum atomic E-state index is 2.27. The van der Waals surface area contributed by atoms with Crippen molar-refractivity contribution in [1.82, 2.24) is 0 Å². The summed E-state index contributed by atoms with van der Waals surface area (Å²) in [7, 11) is 0. The molecule has 0 unspecified atom stereocenters. The van der Waals surface area contributed by atoms with Crippen LogP contribution in [0.5, 0.6) is 0 Å². The normalized spacial score (nSPS) is 12.6. The van der Waals surface area contributed by atoms with Gasteiger partial charge in [-0.25, -0.2) is 0 Å². The highest BCUT2D eigenvalue weighted by molar-refractivity contribution is 5.53. The van der Waals surface area contributed by atoms with Gasteiger partial charge in [-0.15, -0.1) is 0 Å². The molecule has 0 aliphatic rings. The van der Waals surface area contributed by atoms with Gasteiger partial charge in [-0.2, -0.15) is 0 Å². The Hall–Kier alpha value is -1.04. The van der Waals surface area contributed by atoms with Gasteiger partial charge in [0.15, 0.2) is 0 Å². The fraction of sp³-hybridized carbons (Fsp3) is 0.467. The van der Waals surface area contributed by atoms with Crippen molar-refractivity contribution < 1.29 is 0 Å². The van der Waals surface area contributed by atoms with Crippen molar-refractivity contribution in [2.45, 2.75) is 40.5 Å². The van der Waals surface area contributed by atoms with E-state index in [1.54, 1.807) is 0 Å². The highest BCUT2D eigenvalue weighted by atomic mass is 14.0. The summed E-state index contributed by atoms with van der Waals surface area (Å²) in [6, 6.07) is 8.87. The van der Waals surface area contributed by atoms with Crippen molar-refractivity contribution in [3.8, 4) is 0 Å². The largest absolute Gasteiger partial charge is 0.0702 e. The summed E-state index contributed by atoms with van der Waals surface area (Å²) in [6.45, 7) is 11.1. The summed E-state index contributed by atoms with van der Waals surface area (Å²) in [5.74, 6) is 1.25. The first-order valence-electron chi connectivity index (χ1n) is 5.79. The Kier molecular flexibility index (Phi) is 4.14. The number of hydrogen-bond acceptors (Lipinski definition) is 0. The molecule has 0 atom stereocenters. The van der Waals surface area contributed by atoms with Crippen molar-refractivity contribution in [2.75, 3.05) is 0 Å². The van der Waals surface area contributed by atoms with Crippen LogP contribution in [0.2, 0.25) is 0 Å². The molecule has 82 valence electrons. The Bertz CT molecular complexity index is 326. The van der Waals surface area contributed by atoms with Crippen LogP contribution >= 0.6 is 0 Å². The quantitative estimate of drug-likeness (QED) is 0.656. The average Bonchev–Trinajstić information content (AvgIpc) is 2.18. The first-order valence-corrected chi connectivity index (χ1v) is 5.79. The van der Waals surface area contributed by atoms with Gasteiger partial charge in [0.1, 0.15) is 0 Å². The lowest BCUT2D eigenvalue weighted by molar-refractivity contribution is 0.776. The number of hydrogen-bond donors (Lipinski definition) is 0. The molecule has 0 spiro atoms. The van der Waals surface area contributed by atoms with Crippen LogP contribution in [0, 0.1) is 5.92 Å². The molecule has 0 heterocycles. The van der Waals surface area contributed by atoms with Crippen LogP contribution in [0.4, 0.5) is 0 Å². The van der Waals surface area contributed by atoms with Crippen LogP contribution in [0.3, 0.4) is 0 Å². The van der Waals surface area contributed by atoms with E-state index in [1.165, 1.54) is 16.7 Å². The molecule has 1 aromatic carbocycles. The summed E-state index contributed by atoms with van der Waals surface area (Å²) in [5.41, 5.74) is 4.16. The second kappa shape index (κ2) is 5.16. The molecule has 0 heteroatoms. The van der Waals surface area contributed by atoms with E-state index in [-0.39, 0.29) is 0 Å².